The molecule has 0 saturated carbocycles. The normalized spacial score (nSPS) is 14.9. The summed E-state index contributed by atoms with van der Waals surface area (Å²) in [4.78, 5) is 16.7. The van der Waals surface area contributed by atoms with Crippen LogP contribution in [0.2, 0.25) is 5.02 Å². The molecule has 5 aromatic rings. The van der Waals surface area contributed by atoms with Crippen molar-refractivity contribution in [2.45, 2.75) is 12.5 Å². The van der Waals surface area contributed by atoms with E-state index in [1.54, 1.807) is 6.07 Å². The molecule has 2 heterocycles. The first-order valence-electron chi connectivity index (χ1n) is 12.3. The molecule has 7 heteroatoms. The van der Waals surface area contributed by atoms with E-state index in [0.29, 0.717) is 27.8 Å². The van der Waals surface area contributed by atoms with Crippen molar-refractivity contribution in [2.24, 2.45) is 5.10 Å². The second-order valence-corrected chi connectivity index (χ2v) is 9.90. The van der Waals surface area contributed by atoms with E-state index in [9.17, 15) is 4.79 Å². The SMILES string of the molecule is O=c1[nH]c2ccc(Cl)cc2c(-c2ccccc2)c1C1=NN(C(=S)Nc2ccccc2)[C@@H](c2ccccc2)C1. The van der Waals surface area contributed by atoms with E-state index >= 15 is 0 Å². The lowest BCUT2D eigenvalue weighted by Crippen LogP contribution is -2.31. The highest BCUT2D eigenvalue weighted by Gasteiger charge is 2.34. The van der Waals surface area contributed by atoms with E-state index in [4.69, 9.17) is 28.9 Å². The highest BCUT2D eigenvalue weighted by atomic mass is 35.5. The monoisotopic (exact) mass is 534 g/mol. The molecular formula is C31H23ClN4OS. The molecule has 2 N–H and O–H groups in total. The molecule has 0 amide bonds. The summed E-state index contributed by atoms with van der Waals surface area (Å²) in [6.07, 6.45) is 0.510. The fourth-order valence-electron chi connectivity index (χ4n) is 4.93. The molecule has 0 saturated heterocycles. The van der Waals surface area contributed by atoms with Gasteiger partial charge in [0.15, 0.2) is 5.11 Å². The first kappa shape index (κ1) is 24.1. The lowest BCUT2D eigenvalue weighted by molar-refractivity contribution is 0.375. The number of H-pyrrole nitrogens is 1. The maximum Gasteiger partial charge on any atom is 0.258 e. The van der Waals surface area contributed by atoms with Crippen LogP contribution in [0, 0.1) is 0 Å². The molecule has 5 nitrogen and oxygen atoms in total. The number of halogens is 1. The maximum atomic E-state index is 13.7. The largest absolute Gasteiger partial charge is 0.331 e. The fraction of sp³-hybridized carbons (Fsp3) is 0.0645. The van der Waals surface area contributed by atoms with Crippen LogP contribution in [-0.4, -0.2) is 20.8 Å². The Labute approximate surface area is 230 Å². The molecule has 0 radical (unpaired) electrons. The Bertz CT molecular complexity index is 1720. The number of para-hydroxylation sites is 1. The maximum absolute atomic E-state index is 13.7. The first-order chi connectivity index (χ1) is 18.6. The van der Waals surface area contributed by atoms with Gasteiger partial charge < -0.3 is 10.3 Å². The van der Waals surface area contributed by atoms with E-state index in [1.165, 1.54) is 0 Å². The van der Waals surface area contributed by atoms with Crippen LogP contribution in [0.15, 0.2) is 119 Å². The smallest absolute Gasteiger partial charge is 0.258 e. The Hall–Kier alpha value is -4.26. The minimum Gasteiger partial charge on any atom is -0.331 e. The molecule has 4 aromatic carbocycles. The predicted molar refractivity (Wildman–Crippen MR) is 160 cm³/mol. The second-order valence-electron chi connectivity index (χ2n) is 9.08. The number of benzene rings is 4. The Morgan fingerprint density at radius 1 is 0.895 bits per heavy atom. The Kier molecular flexibility index (Phi) is 6.50. The molecule has 0 bridgehead atoms. The number of rotatable bonds is 4. The van der Waals surface area contributed by atoms with Gasteiger partial charge in [-0.15, -0.1) is 0 Å². The number of pyridine rings is 1. The van der Waals surface area contributed by atoms with Crippen LogP contribution in [0.3, 0.4) is 0 Å². The molecular weight excluding hydrogens is 512 g/mol. The molecule has 1 atom stereocenters. The lowest BCUT2D eigenvalue weighted by atomic mass is 9.91. The quantitative estimate of drug-likeness (QED) is 0.236. The Balaban J connectivity index is 1.52. The van der Waals surface area contributed by atoms with Crippen molar-refractivity contribution in [3.63, 3.8) is 0 Å². The number of hydrazone groups is 1. The first-order valence-corrected chi connectivity index (χ1v) is 13.1. The van der Waals surface area contributed by atoms with E-state index < -0.39 is 0 Å². The number of anilines is 1. The van der Waals surface area contributed by atoms with Crippen molar-refractivity contribution < 1.29 is 0 Å². The average Bonchev–Trinajstić information content (AvgIpc) is 3.39. The van der Waals surface area contributed by atoms with Crippen molar-refractivity contribution in [3.8, 4) is 11.1 Å². The van der Waals surface area contributed by atoms with Gasteiger partial charge in [-0.2, -0.15) is 5.10 Å². The number of hydrogen-bond acceptors (Lipinski definition) is 3. The third kappa shape index (κ3) is 4.60. The standard InChI is InChI=1S/C31H23ClN4OS/c32-22-16-17-25-24(18-22)28(21-12-6-2-7-13-21)29(30(37)34-25)26-19-27(20-10-4-1-5-11-20)36(35-26)31(38)33-23-14-8-3-9-15-23/h1-18,27H,19H2,(H,33,38)(H,34,37)/t27-/m1/s1. The van der Waals surface area contributed by atoms with Crippen LogP contribution in [0.5, 0.6) is 0 Å². The molecule has 0 fully saturated rings. The number of nitrogens with zero attached hydrogens (tertiary/aromatic N) is 2. The molecule has 6 rings (SSSR count). The third-order valence-electron chi connectivity index (χ3n) is 6.66. The van der Waals surface area contributed by atoms with Crippen LogP contribution < -0.4 is 10.9 Å². The molecule has 0 unspecified atom stereocenters. The summed E-state index contributed by atoms with van der Waals surface area (Å²) in [5.41, 5.74) is 5.37. The summed E-state index contributed by atoms with van der Waals surface area (Å²) in [6, 6.07) is 35.1. The van der Waals surface area contributed by atoms with Gasteiger partial charge in [0, 0.05) is 33.6 Å². The van der Waals surface area contributed by atoms with Gasteiger partial charge in [-0.05, 0) is 53.7 Å². The van der Waals surface area contributed by atoms with Crippen molar-refractivity contribution in [1.29, 1.82) is 0 Å². The van der Waals surface area contributed by atoms with Crippen LogP contribution in [-0.2, 0) is 0 Å². The van der Waals surface area contributed by atoms with E-state index in [2.05, 4.69) is 22.4 Å². The van der Waals surface area contributed by atoms with Gasteiger partial charge in [-0.1, -0.05) is 90.5 Å². The van der Waals surface area contributed by atoms with Crippen molar-refractivity contribution in [1.82, 2.24) is 9.99 Å². The second kappa shape index (κ2) is 10.2. The molecule has 1 aliphatic heterocycles. The summed E-state index contributed by atoms with van der Waals surface area (Å²) >= 11 is 12.3. The van der Waals surface area contributed by atoms with Crippen LogP contribution in [0.1, 0.15) is 23.6 Å². The molecule has 0 aliphatic carbocycles. The van der Waals surface area contributed by atoms with Gasteiger partial charge in [0.25, 0.3) is 5.56 Å². The summed E-state index contributed by atoms with van der Waals surface area (Å²) < 4.78 is 0. The highest BCUT2D eigenvalue weighted by molar-refractivity contribution is 7.80. The summed E-state index contributed by atoms with van der Waals surface area (Å²) in [6.45, 7) is 0. The highest BCUT2D eigenvalue weighted by Crippen LogP contribution is 2.37. The number of aromatic nitrogens is 1. The molecule has 38 heavy (non-hydrogen) atoms. The van der Waals surface area contributed by atoms with Crippen LogP contribution in [0.4, 0.5) is 5.69 Å². The van der Waals surface area contributed by atoms with Gasteiger partial charge in [-0.25, -0.2) is 5.01 Å². The fourth-order valence-corrected chi connectivity index (χ4v) is 5.39. The molecule has 1 aromatic heterocycles. The lowest BCUT2D eigenvalue weighted by Gasteiger charge is -2.24. The zero-order chi connectivity index (χ0) is 26.1. The number of aromatic amines is 1. The van der Waals surface area contributed by atoms with Crippen molar-refractivity contribution >= 4 is 51.2 Å². The summed E-state index contributed by atoms with van der Waals surface area (Å²) in [5, 5.41) is 12.0. The van der Waals surface area contributed by atoms with E-state index in [1.807, 2.05) is 96.0 Å². The number of nitrogens with one attached hydrogen (secondary N) is 2. The summed E-state index contributed by atoms with van der Waals surface area (Å²) in [5.74, 6) is 0. The Morgan fingerprint density at radius 3 is 2.26 bits per heavy atom. The van der Waals surface area contributed by atoms with Gasteiger partial charge in [0.2, 0.25) is 0 Å². The zero-order valence-corrected chi connectivity index (χ0v) is 21.8. The summed E-state index contributed by atoms with van der Waals surface area (Å²) in [7, 11) is 0. The number of fused-ring (bicyclic) bond motifs is 1. The number of hydrogen-bond donors (Lipinski definition) is 2. The van der Waals surface area contributed by atoms with Gasteiger partial charge in [0.05, 0.1) is 17.3 Å². The van der Waals surface area contributed by atoms with Gasteiger partial charge in [-0.3, -0.25) is 4.79 Å². The third-order valence-corrected chi connectivity index (χ3v) is 7.18. The van der Waals surface area contributed by atoms with E-state index in [0.717, 1.165) is 33.3 Å². The van der Waals surface area contributed by atoms with Crippen molar-refractivity contribution in [3.05, 3.63) is 136 Å². The topological polar surface area (TPSA) is 60.5 Å². The minimum atomic E-state index is -0.201. The molecule has 1 aliphatic rings. The van der Waals surface area contributed by atoms with Gasteiger partial charge >= 0.3 is 0 Å². The predicted octanol–water partition coefficient (Wildman–Crippen LogP) is 7.40. The molecule has 186 valence electrons. The minimum absolute atomic E-state index is 0.173. The average molecular weight is 535 g/mol. The van der Waals surface area contributed by atoms with Crippen LogP contribution in [0.25, 0.3) is 22.0 Å². The van der Waals surface area contributed by atoms with Crippen LogP contribution >= 0.6 is 23.8 Å². The Morgan fingerprint density at radius 2 is 1.55 bits per heavy atom. The van der Waals surface area contributed by atoms with Gasteiger partial charge in [0.1, 0.15) is 0 Å². The molecule has 0 spiro atoms. The number of thiocarbonyl (C=S) groups is 1. The van der Waals surface area contributed by atoms with E-state index in [-0.39, 0.29) is 11.6 Å². The van der Waals surface area contributed by atoms with Crippen molar-refractivity contribution in [2.75, 3.05) is 5.32 Å². The zero-order valence-electron chi connectivity index (χ0n) is 20.3.